The topological polar surface area (TPSA) is 112 Å². The second kappa shape index (κ2) is 8.05. The molecule has 0 aliphatic heterocycles. The Hall–Kier alpha value is -3.13. The van der Waals surface area contributed by atoms with Crippen molar-refractivity contribution in [2.24, 2.45) is 5.73 Å². The molecule has 2 aromatic heterocycles. The number of benzene rings is 1. The van der Waals surface area contributed by atoms with E-state index in [9.17, 15) is 14.4 Å². The van der Waals surface area contributed by atoms with Gasteiger partial charge < -0.3 is 20.2 Å². The van der Waals surface area contributed by atoms with E-state index in [4.69, 9.17) is 14.9 Å². The first-order chi connectivity index (χ1) is 13.0. The summed E-state index contributed by atoms with van der Waals surface area (Å²) in [7, 11) is 0. The molecule has 0 aliphatic rings. The highest BCUT2D eigenvalue weighted by Crippen LogP contribution is 2.24. The molecule has 1 aromatic carbocycles. The fraction of sp³-hybridized carbons (Fsp3) is 0.211. The number of aryl methyl sites for hydroxylation is 1. The maximum atomic E-state index is 12.1. The van der Waals surface area contributed by atoms with Crippen LogP contribution in [0.15, 0.2) is 44.9 Å². The third kappa shape index (κ3) is 4.35. The lowest BCUT2D eigenvalue weighted by molar-refractivity contribution is -0.118. The van der Waals surface area contributed by atoms with Crippen LogP contribution in [-0.2, 0) is 11.2 Å². The van der Waals surface area contributed by atoms with Gasteiger partial charge in [0.25, 0.3) is 11.8 Å². The summed E-state index contributed by atoms with van der Waals surface area (Å²) in [6.45, 7) is 1.77. The SMILES string of the molecule is CCCc1cc(=O)oc2cc(OCC(=O)Nc3sccc3C(N)=O)ccc12. The summed E-state index contributed by atoms with van der Waals surface area (Å²) < 4.78 is 10.7. The molecule has 3 N–H and O–H groups in total. The van der Waals surface area contributed by atoms with E-state index in [0.717, 1.165) is 23.8 Å². The maximum absolute atomic E-state index is 12.1. The van der Waals surface area contributed by atoms with Crippen LogP contribution in [0.3, 0.4) is 0 Å². The maximum Gasteiger partial charge on any atom is 0.336 e. The predicted octanol–water partition coefficient (Wildman–Crippen LogP) is 2.92. The first kappa shape index (κ1) is 18.7. The normalized spacial score (nSPS) is 10.7. The number of anilines is 1. The van der Waals surface area contributed by atoms with Gasteiger partial charge in [0.15, 0.2) is 6.61 Å². The number of amides is 2. The fourth-order valence-electron chi connectivity index (χ4n) is 2.69. The molecule has 2 heterocycles. The lowest BCUT2D eigenvalue weighted by Gasteiger charge is -2.09. The van der Waals surface area contributed by atoms with Crippen LogP contribution in [0.2, 0.25) is 0 Å². The molecule has 3 aromatic rings. The molecule has 27 heavy (non-hydrogen) atoms. The van der Waals surface area contributed by atoms with Gasteiger partial charge in [0, 0.05) is 17.5 Å². The zero-order valence-corrected chi connectivity index (χ0v) is 15.4. The average molecular weight is 386 g/mol. The van der Waals surface area contributed by atoms with Crippen molar-refractivity contribution in [1.82, 2.24) is 0 Å². The Morgan fingerprint density at radius 2 is 2.07 bits per heavy atom. The van der Waals surface area contributed by atoms with Crippen molar-refractivity contribution in [1.29, 1.82) is 0 Å². The number of hydrogen-bond donors (Lipinski definition) is 2. The first-order valence-corrected chi connectivity index (χ1v) is 9.22. The fourth-order valence-corrected chi connectivity index (χ4v) is 3.50. The molecule has 0 unspecified atom stereocenters. The summed E-state index contributed by atoms with van der Waals surface area (Å²) in [5.41, 5.74) is 6.42. The Kier molecular flexibility index (Phi) is 5.56. The molecule has 7 nitrogen and oxygen atoms in total. The van der Waals surface area contributed by atoms with Crippen LogP contribution in [0, 0.1) is 0 Å². The van der Waals surface area contributed by atoms with E-state index in [-0.39, 0.29) is 12.2 Å². The van der Waals surface area contributed by atoms with Gasteiger partial charge >= 0.3 is 5.63 Å². The Morgan fingerprint density at radius 1 is 1.26 bits per heavy atom. The molecule has 0 saturated heterocycles. The quantitative estimate of drug-likeness (QED) is 0.607. The predicted molar refractivity (Wildman–Crippen MR) is 103 cm³/mol. The molecule has 0 fully saturated rings. The zero-order chi connectivity index (χ0) is 19.4. The van der Waals surface area contributed by atoms with Crippen LogP contribution < -0.4 is 21.4 Å². The lowest BCUT2D eigenvalue weighted by atomic mass is 10.1. The Morgan fingerprint density at radius 3 is 2.81 bits per heavy atom. The van der Waals surface area contributed by atoms with Gasteiger partial charge in [-0.05, 0) is 35.6 Å². The number of ether oxygens (including phenoxy) is 1. The van der Waals surface area contributed by atoms with Gasteiger partial charge in [-0.15, -0.1) is 11.3 Å². The molecule has 8 heteroatoms. The van der Waals surface area contributed by atoms with Crippen LogP contribution in [0.4, 0.5) is 5.00 Å². The van der Waals surface area contributed by atoms with E-state index >= 15 is 0 Å². The number of primary amides is 1. The largest absolute Gasteiger partial charge is 0.484 e. The monoisotopic (exact) mass is 386 g/mol. The van der Waals surface area contributed by atoms with Gasteiger partial charge in [-0.25, -0.2) is 4.79 Å². The van der Waals surface area contributed by atoms with Crippen LogP contribution in [0.1, 0.15) is 29.3 Å². The van der Waals surface area contributed by atoms with Crippen molar-refractivity contribution in [3.8, 4) is 5.75 Å². The highest BCUT2D eigenvalue weighted by molar-refractivity contribution is 7.14. The smallest absolute Gasteiger partial charge is 0.336 e. The lowest BCUT2D eigenvalue weighted by Crippen LogP contribution is -2.21. The average Bonchev–Trinajstić information content (AvgIpc) is 3.08. The number of rotatable bonds is 7. The minimum Gasteiger partial charge on any atom is -0.484 e. The molecule has 3 rings (SSSR count). The molecule has 0 radical (unpaired) electrons. The van der Waals surface area contributed by atoms with Crippen LogP contribution >= 0.6 is 11.3 Å². The summed E-state index contributed by atoms with van der Waals surface area (Å²) in [4.78, 5) is 35.1. The van der Waals surface area contributed by atoms with Gasteiger partial charge in [-0.2, -0.15) is 0 Å². The van der Waals surface area contributed by atoms with E-state index in [2.05, 4.69) is 5.32 Å². The standard InChI is InChI=1S/C19H18N2O5S/c1-2-3-11-8-17(23)26-15-9-12(4-5-13(11)15)25-10-16(22)21-19-14(18(20)24)6-7-27-19/h4-9H,2-3,10H2,1H3,(H2,20,24)(H,21,22). The number of hydrogen-bond acceptors (Lipinski definition) is 6. The molecule has 0 saturated carbocycles. The van der Waals surface area contributed by atoms with Gasteiger partial charge in [0.05, 0.1) is 5.56 Å². The summed E-state index contributed by atoms with van der Waals surface area (Å²) in [6, 6.07) is 8.15. The van der Waals surface area contributed by atoms with Crippen LogP contribution in [-0.4, -0.2) is 18.4 Å². The second-order valence-electron chi connectivity index (χ2n) is 5.86. The number of fused-ring (bicyclic) bond motifs is 1. The molecular weight excluding hydrogens is 368 g/mol. The molecule has 0 spiro atoms. The Balaban J connectivity index is 1.71. The third-order valence-corrected chi connectivity index (χ3v) is 4.70. The third-order valence-electron chi connectivity index (χ3n) is 3.87. The molecular formula is C19H18N2O5S. The summed E-state index contributed by atoms with van der Waals surface area (Å²) in [6.07, 6.45) is 1.68. The van der Waals surface area contributed by atoms with Crippen molar-refractivity contribution in [2.45, 2.75) is 19.8 Å². The highest BCUT2D eigenvalue weighted by Gasteiger charge is 2.13. The van der Waals surface area contributed by atoms with Gasteiger partial charge in [-0.1, -0.05) is 13.3 Å². The van der Waals surface area contributed by atoms with Crippen molar-refractivity contribution in [3.63, 3.8) is 0 Å². The van der Waals surface area contributed by atoms with E-state index in [0.29, 0.717) is 16.3 Å². The minimum absolute atomic E-state index is 0.254. The summed E-state index contributed by atoms with van der Waals surface area (Å²) in [5.74, 6) is -0.642. The molecule has 0 atom stereocenters. The van der Waals surface area contributed by atoms with Crippen molar-refractivity contribution in [2.75, 3.05) is 11.9 Å². The molecule has 2 amide bonds. The van der Waals surface area contributed by atoms with Gasteiger partial charge in [-0.3, -0.25) is 9.59 Å². The van der Waals surface area contributed by atoms with Gasteiger partial charge in [0.1, 0.15) is 16.3 Å². The molecule has 140 valence electrons. The Bertz CT molecular complexity index is 1050. The van der Waals surface area contributed by atoms with E-state index in [1.54, 1.807) is 29.6 Å². The van der Waals surface area contributed by atoms with Crippen molar-refractivity contribution < 1.29 is 18.7 Å². The van der Waals surface area contributed by atoms with Crippen LogP contribution in [0.25, 0.3) is 11.0 Å². The van der Waals surface area contributed by atoms with E-state index < -0.39 is 17.4 Å². The first-order valence-electron chi connectivity index (χ1n) is 8.34. The molecule has 0 aliphatic carbocycles. The van der Waals surface area contributed by atoms with Crippen molar-refractivity contribution in [3.05, 3.63) is 57.3 Å². The van der Waals surface area contributed by atoms with Crippen molar-refractivity contribution >= 4 is 39.1 Å². The number of carbonyl (C=O) groups excluding carboxylic acids is 2. The summed E-state index contributed by atoms with van der Waals surface area (Å²) >= 11 is 1.20. The van der Waals surface area contributed by atoms with E-state index in [1.807, 2.05) is 6.92 Å². The minimum atomic E-state index is -0.611. The highest BCUT2D eigenvalue weighted by atomic mass is 32.1. The summed E-state index contributed by atoms with van der Waals surface area (Å²) in [5, 5.41) is 5.48. The number of nitrogens with one attached hydrogen (secondary N) is 1. The zero-order valence-electron chi connectivity index (χ0n) is 14.6. The molecule has 0 bridgehead atoms. The van der Waals surface area contributed by atoms with Gasteiger partial charge in [0.2, 0.25) is 0 Å². The Labute approximate surface area is 158 Å². The number of carbonyl (C=O) groups is 2. The number of nitrogens with two attached hydrogens (primary N) is 1. The number of thiophene rings is 1. The van der Waals surface area contributed by atoms with Crippen LogP contribution in [0.5, 0.6) is 5.75 Å². The van der Waals surface area contributed by atoms with E-state index in [1.165, 1.54) is 17.4 Å². The second-order valence-corrected chi connectivity index (χ2v) is 6.78.